The summed E-state index contributed by atoms with van der Waals surface area (Å²) in [7, 11) is 0. The monoisotopic (exact) mass is 279 g/mol. The molecule has 102 valence electrons. The van der Waals surface area contributed by atoms with Gasteiger partial charge in [0.2, 0.25) is 11.9 Å². The third-order valence-electron chi connectivity index (χ3n) is 2.52. The van der Waals surface area contributed by atoms with Gasteiger partial charge in [0.15, 0.2) is 0 Å². The minimum Gasteiger partial charge on any atom is -0.368 e. The van der Waals surface area contributed by atoms with Gasteiger partial charge in [-0.3, -0.25) is 4.79 Å². The van der Waals surface area contributed by atoms with Gasteiger partial charge < -0.3 is 16.4 Å². The molecule has 7 heteroatoms. The van der Waals surface area contributed by atoms with Crippen molar-refractivity contribution in [2.75, 3.05) is 11.1 Å². The van der Waals surface area contributed by atoms with Crippen LogP contribution in [0.25, 0.3) is 10.2 Å². The van der Waals surface area contributed by atoms with Gasteiger partial charge >= 0.3 is 0 Å². The highest BCUT2D eigenvalue weighted by Crippen LogP contribution is 2.26. The summed E-state index contributed by atoms with van der Waals surface area (Å²) in [5.74, 6) is 0.722. The SMILES string of the molecule is CC(C)NC(=O)C(C)Nc1nc(N)nc2sccc12. The number of nitrogens with one attached hydrogen (secondary N) is 2. The first kappa shape index (κ1) is 13.5. The molecule has 0 aromatic carbocycles. The van der Waals surface area contributed by atoms with E-state index in [1.54, 1.807) is 6.92 Å². The number of rotatable bonds is 4. The van der Waals surface area contributed by atoms with E-state index in [1.165, 1.54) is 11.3 Å². The molecular weight excluding hydrogens is 262 g/mol. The van der Waals surface area contributed by atoms with Crippen molar-refractivity contribution in [3.63, 3.8) is 0 Å². The van der Waals surface area contributed by atoms with Crippen molar-refractivity contribution >= 4 is 39.2 Å². The van der Waals surface area contributed by atoms with Crippen molar-refractivity contribution in [3.8, 4) is 0 Å². The molecule has 2 rings (SSSR count). The second kappa shape index (κ2) is 5.40. The largest absolute Gasteiger partial charge is 0.368 e. The molecular formula is C12H17N5OS. The zero-order chi connectivity index (χ0) is 14.0. The Morgan fingerprint density at radius 1 is 1.37 bits per heavy atom. The molecule has 0 saturated carbocycles. The molecule has 0 aliphatic rings. The highest BCUT2D eigenvalue weighted by molar-refractivity contribution is 7.16. The molecule has 0 fully saturated rings. The molecule has 0 aliphatic heterocycles. The highest BCUT2D eigenvalue weighted by Gasteiger charge is 2.16. The molecule has 0 aliphatic carbocycles. The van der Waals surface area contributed by atoms with Crippen molar-refractivity contribution in [1.82, 2.24) is 15.3 Å². The highest BCUT2D eigenvalue weighted by atomic mass is 32.1. The van der Waals surface area contributed by atoms with E-state index in [0.717, 1.165) is 10.2 Å². The van der Waals surface area contributed by atoms with Gasteiger partial charge in [0.25, 0.3) is 0 Å². The fourth-order valence-electron chi connectivity index (χ4n) is 1.66. The van der Waals surface area contributed by atoms with Crippen LogP contribution in [0.15, 0.2) is 11.4 Å². The van der Waals surface area contributed by atoms with E-state index in [-0.39, 0.29) is 23.9 Å². The van der Waals surface area contributed by atoms with E-state index in [2.05, 4.69) is 20.6 Å². The Morgan fingerprint density at radius 2 is 2.11 bits per heavy atom. The summed E-state index contributed by atoms with van der Waals surface area (Å²) >= 11 is 1.49. The number of anilines is 2. The Kier molecular flexibility index (Phi) is 3.84. The minimum absolute atomic E-state index is 0.0736. The number of aromatic nitrogens is 2. The van der Waals surface area contributed by atoms with E-state index >= 15 is 0 Å². The van der Waals surface area contributed by atoms with Crippen LogP contribution in [-0.4, -0.2) is 28.0 Å². The van der Waals surface area contributed by atoms with E-state index in [0.29, 0.717) is 5.82 Å². The lowest BCUT2D eigenvalue weighted by molar-refractivity contribution is -0.122. The molecule has 1 atom stereocenters. The molecule has 1 unspecified atom stereocenters. The molecule has 6 nitrogen and oxygen atoms in total. The van der Waals surface area contributed by atoms with E-state index in [4.69, 9.17) is 5.73 Å². The van der Waals surface area contributed by atoms with Crippen LogP contribution >= 0.6 is 11.3 Å². The van der Waals surface area contributed by atoms with Crippen LogP contribution in [0.1, 0.15) is 20.8 Å². The van der Waals surface area contributed by atoms with Crippen LogP contribution in [0.2, 0.25) is 0 Å². The summed E-state index contributed by atoms with van der Waals surface area (Å²) < 4.78 is 0. The first-order valence-corrected chi connectivity index (χ1v) is 6.93. The normalized spacial score (nSPS) is 12.6. The first-order chi connectivity index (χ1) is 8.97. The molecule has 0 radical (unpaired) electrons. The van der Waals surface area contributed by atoms with Crippen molar-refractivity contribution in [1.29, 1.82) is 0 Å². The van der Waals surface area contributed by atoms with Gasteiger partial charge in [0.05, 0.1) is 5.39 Å². The first-order valence-electron chi connectivity index (χ1n) is 6.05. The van der Waals surface area contributed by atoms with Gasteiger partial charge in [-0.25, -0.2) is 4.98 Å². The predicted molar refractivity (Wildman–Crippen MR) is 78.2 cm³/mol. The molecule has 1 amide bonds. The number of carbonyl (C=O) groups excluding carboxylic acids is 1. The molecule has 19 heavy (non-hydrogen) atoms. The molecule has 2 aromatic heterocycles. The van der Waals surface area contributed by atoms with Crippen LogP contribution in [0.3, 0.4) is 0 Å². The van der Waals surface area contributed by atoms with Crippen LogP contribution in [-0.2, 0) is 4.79 Å². The van der Waals surface area contributed by atoms with E-state index < -0.39 is 0 Å². The van der Waals surface area contributed by atoms with Crippen LogP contribution < -0.4 is 16.4 Å². The molecule has 0 bridgehead atoms. The van der Waals surface area contributed by atoms with Crippen molar-refractivity contribution in [3.05, 3.63) is 11.4 Å². The fraction of sp³-hybridized carbons (Fsp3) is 0.417. The average molecular weight is 279 g/mol. The number of thiophene rings is 1. The molecule has 0 saturated heterocycles. The third-order valence-corrected chi connectivity index (χ3v) is 3.33. The summed E-state index contributed by atoms with van der Waals surface area (Å²) in [6.07, 6.45) is 0. The third kappa shape index (κ3) is 3.11. The second-order valence-electron chi connectivity index (χ2n) is 4.60. The molecule has 2 heterocycles. The summed E-state index contributed by atoms with van der Waals surface area (Å²) in [5, 5.41) is 8.72. The van der Waals surface area contributed by atoms with Gasteiger partial charge in [-0.15, -0.1) is 11.3 Å². The number of amides is 1. The van der Waals surface area contributed by atoms with Crippen LogP contribution in [0.5, 0.6) is 0 Å². The second-order valence-corrected chi connectivity index (χ2v) is 5.49. The van der Waals surface area contributed by atoms with E-state index in [1.807, 2.05) is 25.3 Å². The fourth-order valence-corrected chi connectivity index (χ4v) is 2.43. The summed E-state index contributed by atoms with van der Waals surface area (Å²) in [6.45, 7) is 5.63. The zero-order valence-corrected chi connectivity index (χ0v) is 11.9. The maximum Gasteiger partial charge on any atom is 0.242 e. The predicted octanol–water partition coefficient (Wildman–Crippen LogP) is 1.60. The standard InChI is InChI=1S/C12H17N5OS/c1-6(2)14-10(18)7(3)15-9-8-4-5-19-11(8)17-12(13)16-9/h4-7H,1-3H3,(H,14,18)(H3,13,15,16,17). The van der Waals surface area contributed by atoms with E-state index in [9.17, 15) is 4.79 Å². The summed E-state index contributed by atoms with van der Waals surface area (Å²) in [5.41, 5.74) is 5.66. The van der Waals surface area contributed by atoms with Gasteiger partial charge in [0.1, 0.15) is 16.7 Å². The summed E-state index contributed by atoms with van der Waals surface area (Å²) in [6, 6.07) is 1.63. The number of carbonyl (C=O) groups is 1. The maximum absolute atomic E-state index is 11.9. The minimum atomic E-state index is -0.389. The summed E-state index contributed by atoms with van der Waals surface area (Å²) in [4.78, 5) is 21.0. The number of nitrogen functional groups attached to an aromatic ring is 1. The van der Waals surface area contributed by atoms with Crippen molar-refractivity contribution < 1.29 is 4.79 Å². The number of hydrogen-bond donors (Lipinski definition) is 3. The quantitative estimate of drug-likeness (QED) is 0.790. The van der Waals surface area contributed by atoms with Crippen molar-refractivity contribution in [2.45, 2.75) is 32.9 Å². The maximum atomic E-state index is 11.9. The Morgan fingerprint density at radius 3 is 2.79 bits per heavy atom. The zero-order valence-electron chi connectivity index (χ0n) is 11.1. The topological polar surface area (TPSA) is 92.9 Å². The molecule has 4 N–H and O–H groups in total. The Balaban J connectivity index is 2.21. The lowest BCUT2D eigenvalue weighted by Crippen LogP contribution is -2.41. The molecule has 2 aromatic rings. The number of fused-ring (bicyclic) bond motifs is 1. The van der Waals surface area contributed by atoms with Gasteiger partial charge in [-0.05, 0) is 32.2 Å². The molecule has 0 spiro atoms. The Labute approximate surface area is 115 Å². The lowest BCUT2D eigenvalue weighted by Gasteiger charge is -2.17. The number of hydrogen-bond acceptors (Lipinski definition) is 6. The van der Waals surface area contributed by atoms with Gasteiger partial charge in [-0.1, -0.05) is 0 Å². The van der Waals surface area contributed by atoms with Gasteiger partial charge in [0, 0.05) is 6.04 Å². The average Bonchev–Trinajstić information content (AvgIpc) is 2.75. The Bertz CT molecular complexity index is 595. The smallest absolute Gasteiger partial charge is 0.242 e. The number of nitrogens with two attached hydrogens (primary N) is 1. The Hall–Kier alpha value is -1.89. The lowest BCUT2D eigenvalue weighted by atomic mass is 10.2. The van der Waals surface area contributed by atoms with Crippen molar-refractivity contribution in [2.24, 2.45) is 0 Å². The number of nitrogens with zero attached hydrogens (tertiary/aromatic N) is 2. The van der Waals surface area contributed by atoms with Gasteiger partial charge in [-0.2, -0.15) is 4.98 Å². The van der Waals surface area contributed by atoms with Crippen LogP contribution in [0.4, 0.5) is 11.8 Å². The van der Waals surface area contributed by atoms with Crippen LogP contribution in [0, 0.1) is 0 Å².